The third-order valence-electron chi connectivity index (χ3n) is 2.65. The third kappa shape index (κ3) is 1.94. The summed E-state index contributed by atoms with van der Waals surface area (Å²) in [5.74, 6) is 2.41. The van der Waals surface area contributed by atoms with Gasteiger partial charge in [0.15, 0.2) is 0 Å². The van der Waals surface area contributed by atoms with Crippen molar-refractivity contribution >= 4 is 5.69 Å². The van der Waals surface area contributed by atoms with Crippen molar-refractivity contribution in [2.45, 2.75) is 13.3 Å². The summed E-state index contributed by atoms with van der Waals surface area (Å²) in [6.45, 7) is 3.07. The van der Waals surface area contributed by atoms with Gasteiger partial charge in [0, 0.05) is 0 Å². The Kier molecular flexibility index (Phi) is 2.13. The molecule has 0 aliphatic heterocycles. The number of benzene rings is 1. The standard InChI is InChI=1S/C11H15NO/c1-8-6-9(8)7-13-11-5-3-2-4-10(11)12/h2-5,8-9H,6-7,12H2,1H3/t8-,9+/m1/s1. The second kappa shape index (κ2) is 3.29. The van der Waals surface area contributed by atoms with Crippen molar-refractivity contribution in [1.29, 1.82) is 0 Å². The second-order valence-corrected chi connectivity index (χ2v) is 3.82. The van der Waals surface area contributed by atoms with Crippen LogP contribution in [0.4, 0.5) is 5.69 Å². The molecule has 70 valence electrons. The molecule has 1 aliphatic carbocycles. The molecule has 1 aromatic rings. The molecule has 13 heavy (non-hydrogen) atoms. The molecular weight excluding hydrogens is 162 g/mol. The fourth-order valence-corrected chi connectivity index (χ4v) is 1.44. The first kappa shape index (κ1) is 8.42. The molecule has 2 heteroatoms. The lowest BCUT2D eigenvalue weighted by molar-refractivity contribution is 0.295. The molecule has 0 unspecified atom stereocenters. The van der Waals surface area contributed by atoms with E-state index in [1.807, 2.05) is 24.3 Å². The molecule has 0 spiro atoms. The molecule has 2 rings (SSSR count). The lowest BCUT2D eigenvalue weighted by Gasteiger charge is -2.07. The average Bonchev–Trinajstić information content (AvgIpc) is 2.81. The molecule has 0 bridgehead atoms. The minimum atomic E-state index is 0.732. The van der Waals surface area contributed by atoms with Crippen molar-refractivity contribution in [2.24, 2.45) is 11.8 Å². The number of hydrogen-bond donors (Lipinski definition) is 1. The fraction of sp³-hybridized carbons (Fsp3) is 0.455. The summed E-state index contributed by atoms with van der Waals surface area (Å²) in [6, 6.07) is 7.65. The zero-order chi connectivity index (χ0) is 9.26. The van der Waals surface area contributed by atoms with Crippen molar-refractivity contribution in [3.05, 3.63) is 24.3 Å². The Hall–Kier alpha value is -1.18. The van der Waals surface area contributed by atoms with Gasteiger partial charge in [-0.2, -0.15) is 0 Å². The molecule has 0 saturated heterocycles. The molecule has 0 heterocycles. The first-order valence-corrected chi connectivity index (χ1v) is 4.74. The quantitative estimate of drug-likeness (QED) is 0.719. The van der Waals surface area contributed by atoms with Crippen LogP contribution in [0.25, 0.3) is 0 Å². The van der Waals surface area contributed by atoms with Gasteiger partial charge in [-0.15, -0.1) is 0 Å². The normalized spacial score (nSPS) is 25.6. The first-order chi connectivity index (χ1) is 6.27. The van der Waals surface area contributed by atoms with Gasteiger partial charge in [0.2, 0.25) is 0 Å². The van der Waals surface area contributed by atoms with Gasteiger partial charge in [0.05, 0.1) is 12.3 Å². The second-order valence-electron chi connectivity index (χ2n) is 3.82. The highest BCUT2D eigenvalue weighted by atomic mass is 16.5. The van der Waals surface area contributed by atoms with E-state index in [1.54, 1.807) is 0 Å². The van der Waals surface area contributed by atoms with E-state index in [-0.39, 0.29) is 0 Å². The molecule has 0 amide bonds. The summed E-state index contributed by atoms with van der Waals surface area (Å²) >= 11 is 0. The van der Waals surface area contributed by atoms with Crippen LogP contribution in [-0.4, -0.2) is 6.61 Å². The molecule has 0 radical (unpaired) electrons. The Morgan fingerprint density at radius 2 is 2.15 bits per heavy atom. The molecule has 1 saturated carbocycles. The Morgan fingerprint density at radius 3 is 2.77 bits per heavy atom. The van der Waals surface area contributed by atoms with Crippen LogP contribution >= 0.6 is 0 Å². The number of hydrogen-bond acceptors (Lipinski definition) is 2. The topological polar surface area (TPSA) is 35.2 Å². The summed E-state index contributed by atoms with van der Waals surface area (Å²) in [5, 5.41) is 0. The van der Waals surface area contributed by atoms with E-state index in [0.717, 1.165) is 29.9 Å². The van der Waals surface area contributed by atoms with E-state index in [9.17, 15) is 0 Å². The van der Waals surface area contributed by atoms with Crippen molar-refractivity contribution in [1.82, 2.24) is 0 Å². The fourth-order valence-electron chi connectivity index (χ4n) is 1.44. The Balaban J connectivity index is 1.90. The summed E-state index contributed by atoms with van der Waals surface area (Å²) in [7, 11) is 0. The van der Waals surface area contributed by atoms with Crippen molar-refractivity contribution in [2.75, 3.05) is 12.3 Å². The van der Waals surface area contributed by atoms with Crippen LogP contribution < -0.4 is 10.5 Å². The van der Waals surface area contributed by atoms with Crippen LogP contribution in [0.15, 0.2) is 24.3 Å². The molecule has 2 nitrogen and oxygen atoms in total. The lowest BCUT2D eigenvalue weighted by Crippen LogP contribution is -2.02. The molecule has 1 fully saturated rings. The smallest absolute Gasteiger partial charge is 0.142 e. The monoisotopic (exact) mass is 177 g/mol. The summed E-state index contributed by atoms with van der Waals surface area (Å²) < 4.78 is 5.61. The van der Waals surface area contributed by atoms with Crippen LogP contribution in [0.2, 0.25) is 0 Å². The van der Waals surface area contributed by atoms with Crippen LogP contribution in [-0.2, 0) is 0 Å². The average molecular weight is 177 g/mol. The predicted molar refractivity (Wildman–Crippen MR) is 53.6 cm³/mol. The number of nitrogens with two attached hydrogens (primary N) is 1. The van der Waals surface area contributed by atoms with E-state index >= 15 is 0 Å². The Morgan fingerprint density at radius 1 is 1.46 bits per heavy atom. The summed E-state index contributed by atoms with van der Waals surface area (Å²) in [5.41, 5.74) is 6.47. The molecular formula is C11H15NO. The van der Waals surface area contributed by atoms with Gasteiger partial charge in [-0.25, -0.2) is 0 Å². The first-order valence-electron chi connectivity index (χ1n) is 4.74. The summed E-state index contributed by atoms with van der Waals surface area (Å²) in [4.78, 5) is 0. The van der Waals surface area contributed by atoms with Crippen LogP contribution in [0.5, 0.6) is 5.75 Å². The van der Waals surface area contributed by atoms with Crippen molar-refractivity contribution in [3.63, 3.8) is 0 Å². The predicted octanol–water partition coefficient (Wildman–Crippen LogP) is 2.30. The summed E-state index contributed by atoms with van der Waals surface area (Å²) in [6.07, 6.45) is 1.30. The SMILES string of the molecule is C[C@@H]1C[C@H]1COc1ccccc1N. The molecule has 0 aromatic heterocycles. The van der Waals surface area contributed by atoms with Gasteiger partial charge in [-0.3, -0.25) is 0 Å². The molecule has 1 aromatic carbocycles. The van der Waals surface area contributed by atoms with Gasteiger partial charge in [-0.1, -0.05) is 19.1 Å². The minimum absolute atomic E-state index is 0.732. The van der Waals surface area contributed by atoms with E-state index in [4.69, 9.17) is 10.5 Å². The lowest BCUT2D eigenvalue weighted by atomic mass is 10.3. The minimum Gasteiger partial charge on any atom is -0.491 e. The van der Waals surface area contributed by atoms with Crippen LogP contribution in [0, 0.1) is 11.8 Å². The number of ether oxygens (including phenoxy) is 1. The number of nitrogen functional groups attached to an aromatic ring is 1. The van der Waals surface area contributed by atoms with Gasteiger partial charge in [0.25, 0.3) is 0 Å². The molecule has 2 atom stereocenters. The number of rotatable bonds is 3. The largest absolute Gasteiger partial charge is 0.491 e. The maximum absolute atomic E-state index is 5.74. The Labute approximate surface area is 78.7 Å². The highest BCUT2D eigenvalue weighted by Crippen LogP contribution is 2.38. The van der Waals surface area contributed by atoms with E-state index < -0.39 is 0 Å². The van der Waals surface area contributed by atoms with Crippen molar-refractivity contribution < 1.29 is 4.74 Å². The maximum Gasteiger partial charge on any atom is 0.142 e. The van der Waals surface area contributed by atoms with E-state index in [2.05, 4.69) is 6.92 Å². The Bertz CT molecular complexity index is 298. The third-order valence-corrected chi connectivity index (χ3v) is 2.65. The van der Waals surface area contributed by atoms with Crippen molar-refractivity contribution in [3.8, 4) is 5.75 Å². The van der Waals surface area contributed by atoms with Gasteiger partial charge in [0.1, 0.15) is 5.75 Å². The van der Waals surface area contributed by atoms with Gasteiger partial charge >= 0.3 is 0 Å². The highest BCUT2D eigenvalue weighted by Gasteiger charge is 2.33. The van der Waals surface area contributed by atoms with Gasteiger partial charge in [-0.05, 0) is 30.4 Å². The molecule has 2 N–H and O–H groups in total. The van der Waals surface area contributed by atoms with Crippen LogP contribution in [0.1, 0.15) is 13.3 Å². The van der Waals surface area contributed by atoms with E-state index in [1.165, 1.54) is 6.42 Å². The van der Waals surface area contributed by atoms with Gasteiger partial charge < -0.3 is 10.5 Å². The zero-order valence-electron chi connectivity index (χ0n) is 7.86. The molecule has 1 aliphatic rings. The number of para-hydroxylation sites is 2. The maximum atomic E-state index is 5.74. The van der Waals surface area contributed by atoms with Crippen LogP contribution in [0.3, 0.4) is 0 Å². The zero-order valence-corrected chi connectivity index (χ0v) is 7.86. The highest BCUT2D eigenvalue weighted by molar-refractivity contribution is 5.51. The van der Waals surface area contributed by atoms with E-state index in [0.29, 0.717) is 0 Å². The number of anilines is 1.